The van der Waals surface area contributed by atoms with Gasteiger partial charge in [0.15, 0.2) is 0 Å². The monoisotopic (exact) mass is 324 g/mol. The topological polar surface area (TPSA) is 55.1 Å². The van der Waals surface area contributed by atoms with Crippen molar-refractivity contribution in [1.82, 2.24) is 0 Å². The first-order valence-electron chi connectivity index (χ1n) is 5.19. The molecule has 0 heterocycles. The number of alkyl halides is 3. The summed E-state index contributed by atoms with van der Waals surface area (Å²) in [5.41, 5.74) is 4.70. The molecule has 18 heavy (non-hydrogen) atoms. The molecular formula is C11H12BrF3N2O. The maximum atomic E-state index is 12.6. The number of halogens is 4. The number of carbonyl (C=O) groups is 1. The first-order chi connectivity index (χ1) is 8.25. The van der Waals surface area contributed by atoms with Crippen LogP contribution in [0.25, 0.3) is 0 Å². The average molecular weight is 325 g/mol. The van der Waals surface area contributed by atoms with Gasteiger partial charge in [-0.05, 0) is 24.6 Å². The first kappa shape index (κ1) is 15.0. The highest BCUT2D eigenvalue weighted by Crippen LogP contribution is 2.36. The molecule has 1 atom stereocenters. The molecule has 1 aromatic carbocycles. The van der Waals surface area contributed by atoms with Crippen molar-refractivity contribution in [3.05, 3.63) is 28.2 Å². The van der Waals surface area contributed by atoms with E-state index in [1.54, 1.807) is 6.92 Å². The number of hydrogen-bond donors (Lipinski definition) is 2. The van der Waals surface area contributed by atoms with Gasteiger partial charge in [0.05, 0.1) is 11.6 Å². The maximum Gasteiger partial charge on any atom is 0.417 e. The van der Waals surface area contributed by atoms with Crippen LogP contribution in [0.15, 0.2) is 22.7 Å². The number of nitrogens with one attached hydrogen (secondary N) is 1. The van der Waals surface area contributed by atoms with E-state index in [1.807, 2.05) is 0 Å². The molecule has 7 heteroatoms. The van der Waals surface area contributed by atoms with Crippen molar-refractivity contribution in [2.24, 2.45) is 5.73 Å². The second-order valence-corrected chi connectivity index (χ2v) is 4.55. The summed E-state index contributed by atoms with van der Waals surface area (Å²) in [4.78, 5) is 11.5. The second kappa shape index (κ2) is 5.71. The largest absolute Gasteiger partial charge is 0.417 e. The molecule has 3 nitrogen and oxygen atoms in total. The number of amides is 1. The molecular weight excluding hydrogens is 313 g/mol. The molecule has 0 radical (unpaired) electrons. The Kier molecular flexibility index (Phi) is 4.75. The van der Waals surface area contributed by atoms with E-state index in [4.69, 9.17) is 5.73 Å². The third-order valence-electron chi connectivity index (χ3n) is 2.32. The zero-order valence-corrected chi connectivity index (χ0v) is 11.1. The van der Waals surface area contributed by atoms with E-state index in [1.165, 1.54) is 12.1 Å². The highest BCUT2D eigenvalue weighted by molar-refractivity contribution is 9.10. The van der Waals surface area contributed by atoms with Crippen LogP contribution in [-0.4, -0.2) is 11.9 Å². The highest BCUT2D eigenvalue weighted by atomic mass is 79.9. The number of rotatable bonds is 3. The molecule has 0 fully saturated rings. The third-order valence-corrected chi connectivity index (χ3v) is 3.01. The van der Waals surface area contributed by atoms with Crippen LogP contribution in [0.1, 0.15) is 18.9 Å². The molecule has 1 aromatic rings. The standard InChI is InChI=1S/C11H12BrF3N2O/c1-2-9(16)10(18)17-6-3-4-8(12)7(5-6)11(13,14)15/h3-5,9H,2,16H2,1H3,(H,17,18). The van der Waals surface area contributed by atoms with E-state index < -0.39 is 23.7 Å². The van der Waals surface area contributed by atoms with Crippen molar-refractivity contribution in [2.75, 3.05) is 5.32 Å². The maximum absolute atomic E-state index is 12.6. The molecule has 100 valence electrons. The molecule has 1 unspecified atom stereocenters. The SMILES string of the molecule is CCC(N)C(=O)Nc1ccc(Br)c(C(F)(F)F)c1. The Hall–Kier alpha value is -1.08. The lowest BCUT2D eigenvalue weighted by Gasteiger charge is -2.13. The van der Waals surface area contributed by atoms with Crippen LogP contribution in [0.2, 0.25) is 0 Å². The van der Waals surface area contributed by atoms with Gasteiger partial charge >= 0.3 is 6.18 Å². The molecule has 0 aliphatic rings. The van der Waals surface area contributed by atoms with Gasteiger partial charge in [-0.15, -0.1) is 0 Å². The fraction of sp³-hybridized carbons (Fsp3) is 0.364. The predicted molar refractivity (Wildman–Crippen MR) is 66.0 cm³/mol. The third kappa shape index (κ3) is 3.71. The van der Waals surface area contributed by atoms with Gasteiger partial charge in [0.2, 0.25) is 5.91 Å². The Labute approximate surface area is 111 Å². The Morgan fingerprint density at radius 3 is 2.61 bits per heavy atom. The van der Waals surface area contributed by atoms with Gasteiger partial charge in [-0.1, -0.05) is 22.9 Å². The van der Waals surface area contributed by atoms with Gasteiger partial charge in [-0.25, -0.2) is 0 Å². The summed E-state index contributed by atoms with van der Waals surface area (Å²) in [5.74, 6) is -0.507. The van der Waals surface area contributed by atoms with Crippen LogP contribution < -0.4 is 11.1 Å². The van der Waals surface area contributed by atoms with Crippen LogP contribution >= 0.6 is 15.9 Å². The molecule has 0 saturated carbocycles. The number of anilines is 1. The van der Waals surface area contributed by atoms with Gasteiger partial charge < -0.3 is 11.1 Å². The molecule has 0 aromatic heterocycles. The fourth-order valence-electron chi connectivity index (χ4n) is 1.24. The van der Waals surface area contributed by atoms with Crippen LogP contribution in [-0.2, 0) is 11.0 Å². The van der Waals surface area contributed by atoms with Crippen molar-refractivity contribution in [3.63, 3.8) is 0 Å². The predicted octanol–water partition coefficient (Wildman–Crippen LogP) is 3.14. The normalized spacial score (nSPS) is 13.2. The molecule has 3 N–H and O–H groups in total. The zero-order chi connectivity index (χ0) is 13.9. The van der Waals surface area contributed by atoms with Gasteiger partial charge in [0.1, 0.15) is 0 Å². The molecule has 0 spiro atoms. The van der Waals surface area contributed by atoms with E-state index in [9.17, 15) is 18.0 Å². The summed E-state index contributed by atoms with van der Waals surface area (Å²) in [6, 6.07) is 2.74. The minimum absolute atomic E-state index is 0.0689. The van der Waals surface area contributed by atoms with Crippen molar-refractivity contribution in [2.45, 2.75) is 25.6 Å². The Morgan fingerprint density at radius 2 is 2.11 bits per heavy atom. The lowest BCUT2D eigenvalue weighted by atomic mass is 10.1. The van der Waals surface area contributed by atoms with E-state index in [2.05, 4.69) is 21.2 Å². The van der Waals surface area contributed by atoms with E-state index in [0.717, 1.165) is 6.07 Å². The van der Waals surface area contributed by atoms with Crippen molar-refractivity contribution in [1.29, 1.82) is 0 Å². The fourth-order valence-corrected chi connectivity index (χ4v) is 1.71. The Balaban J connectivity index is 2.96. The average Bonchev–Trinajstić information content (AvgIpc) is 2.29. The zero-order valence-electron chi connectivity index (χ0n) is 9.51. The smallest absolute Gasteiger partial charge is 0.325 e. The molecule has 0 bridgehead atoms. The number of nitrogens with two attached hydrogens (primary N) is 1. The van der Waals surface area contributed by atoms with Crippen LogP contribution in [0.4, 0.5) is 18.9 Å². The summed E-state index contributed by atoms with van der Waals surface area (Å²) < 4.78 is 37.8. The lowest BCUT2D eigenvalue weighted by Crippen LogP contribution is -2.34. The van der Waals surface area contributed by atoms with Crippen LogP contribution in [0, 0.1) is 0 Å². The van der Waals surface area contributed by atoms with Gasteiger partial charge in [0.25, 0.3) is 0 Å². The summed E-state index contributed by atoms with van der Waals surface area (Å²) in [5, 5.41) is 2.35. The summed E-state index contributed by atoms with van der Waals surface area (Å²) in [7, 11) is 0. The lowest BCUT2D eigenvalue weighted by molar-refractivity contribution is -0.138. The molecule has 0 aliphatic heterocycles. The first-order valence-corrected chi connectivity index (χ1v) is 5.98. The quantitative estimate of drug-likeness (QED) is 0.897. The highest BCUT2D eigenvalue weighted by Gasteiger charge is 2.33. The second-order valence-electron chi connectivity index (χ2n) is 3.70. The van der Waals surface area contributed by atoms with Gasteiger partial charge in [-0.2, -0.15) is 13.2 Å². The summed E-state index contributed by atoms with van der Waals surface area (Å²) in [6.07, 6.45) is -4.07. The van der Waals surface area contributed by atoms with Crippen LogP contribution in [0.3, 0.4) is 0 Å². The van der Waals surface area contributed by atoms with Crippen molar-refractivity contribution in [3.8, 4) is 0 Å². The van der Waals surface area contributed by atoms with Crippen LogP contribution in [0.5, 0.6) is 0 Å². The minimum Gasteiger partial charge on any atom is -0.325 e. The van der Waals surface area contributed by atoms with E-state index in [-0.39, 0.29) is 10.2 Å². The number of hydrogen-bond acceptors (Lipinski definition) is 2. The van der Waals surface area contributed by atoms with Crippen molar-refractivity contribution < 1.29 is 18.0 Å². The Bertz CT molecular complexity index is 448. The summed E-state index contributed by atoms with van der Waals surface area (Å²) in [6.45, 7) is 1.72. The molecule has 1 amide bonds. The minimum atomic E-state index is -4.48. The number of benzene rings is 1. The van der Waals surface area contributed by atoms with E-state index in [0.29, 0.717) is 6.42 Å². The van der Waals surface area contributed by atoms with Gasteiger partial charge in [-0.3, -0.25) is 4.79 Å². The van der Waals surface area contributed by atoms with Crippen molar-refractivity contribution >= 4 is 27.5 Å². The molecule has 1 rings (SSSR count). The molecule has 0 saturated heterocycles. The van der Waals surface area contributed by atoms with E-state index >= 15 is 0 Å². The Morgan fingerprint density at radius 1 is 1.50 bits per heavy atom. The van der Waals surface area contributed by atoms with Gasteiger partial charge in [0, 0.05) is 10.2 Å². The molecule has 0 aliphatic carbocycles. The number of carbonyl (C=O) groups excluding carboxylic acids is 1. The summed E-state index contributed by atoms with van der Waals surface area (Å²) >= 11 is 2.82.